The third-order valence-corrected chi connectivity index (χ3v) is 4.97. The van der Waals surface area contributed by atoms with Crippen LogP contribution in [0.15, 0.2) is 30.3 Å². The van der Waals surface area contributed by atoms with Crippen LogP contribution in [0.3, 0.4) is 0 Å². The number of ether oxygens (including phenoxy) is 1. The number of carbonyl (C=O) groups excluding carboxylic acids is 2. The van der Waals surface area contributed by atoms with Gasteiger partial charge in [0.2, 0.25) is 5.88 Å². The van der Waals surface area contributed by atoms with Gasteiger partial charge >= 0.3 is 5.97 Å². The van der Waals surface area contributed by atoms with Gasteiger partial charge in [0.05, 0.1) is 25.3 Å². The van der Waals surface area contributed by atoms with Gasteiger partial charge in [-0.25, -0.2) is 9.78 Å². The Kier molecular flexibility index (Phi) is 7.93. The molecule has 9 nitrogen and oxygen atoms in total. The van der Waals surface area contributed by atoms with Crippen LogP contribution in [0.2, 0.25) is 0 Å². The molecule has 2 aromatic rings. The zero-order valence-electron chi connectivity index (χ0n) is 18.9. The first-order valence-corrected chi connectivity index (χ1v) is 10.2. The zero-order valence-corrected chi connectivity index (χ0v) is 18.9. The number of carboxylic acid groups (broad SMARTS) is 1. The Balaban J connectivity index is 2.55. The number of hydrogen-bond donors (Lipinski definition) is 4. The van der Waals surface area contributed by atoms with Gasteiger partial charge in [-0.05, 0) is 36.1 Å². The van der Waals surface area contributed by atoms with E-state index in [1.54, 1.807) is 13.0 Å². The van der Waals surface area contributed by atoms with E-state index in [4.69, 9.17) is 4.74 Å². The van der Waals surface area contributed by atoms with Crippen LogP contribution in [0.5, 0.6) is 5.88 Å². The number of benzene rings is 1. The molecule has 0 bridgehead atoms. The topological polar surface area (TPSA) is 138 Å². The van der Waals surface area contributed by atoms with Crippen molar-refractivity contribution in [3.63, 3.8) is 0 Å². The van der Waals surface area contributed by atoms with E-state index in [2.05, 4.69) is 15.6 Å². The van der Waals surface area contributed by atoms with Gasteiger partial charge in [0.1, 0.15) is 5.69 Å². The number of aromatic carboxylic acids is 1. The molecular formula is C23H29N3O6. The molecule has 0 unspecified atom stereocenters. The summed E-state index contributed by atoms with van der Waals surface area (Å²) in [5.74, 6) is -2.04. The van der Waals surface area contributed by atoms with Gasteiger partial charge < -0.3 is 25.6 Å². The number of amides is 2. The molecule has 0 aliphatic rings. The summed E-state index contributed by atoms with van der Waals surface area (Å²) in [6.45, 7) is 7.48. The van der Waals surface area contributed by atoms with E-state index >= 15 is 0 Å². The monoisotopic (exact) mass is 443 g/mol. The summed E-state index contributed by atoms with van der Waals surface area (Å²) in [5.41, 5.74) is 0.111. The highest BCUT2D eigenvalue weighted by Crippen LogP contribution is 2.29. The Labute approximate surface area is 186 Å². The second-order valence-corrected chi connectivity index (χ2v) is 8.25. The standard InChI is InChI=1S/C23H29N3O6/c1-6-24-21(29)19-15(9-10-18(26-19)32-5)14-8-7-13(11-16(14)22(30)31)20(28)25-17(12-27)23(2,3)4/h7-11,17,27H,6,12H2,1-5H3,(H,24,29)(H,25,28)(H,30,31)/t17-/m1/s1. The number of aromatic nitrogens is 1. The van der Waals surface area contributed by atoms with Crippen LogP contribution < -0.4 is 15.4 Å². The smallest absolute Gasteiger partial charge is 0.336 e. The fourth-order valence-electron chi connectivity index (χ4n) is 3.06. The summed E-state index contributed by atoms with van der Waals surface area (Å²) < 4.78 is 5.10. The Hall–Kier alpha value is -3.46. The normalized spacial score (nSPS) is 12.1. The van der Waals surface area contributed by atoms with Crippen LogP contribution >= 0.6 is 0 Å². The quantitative estimate of drug-likeness (QED) is 0.491. The minimum atomic E-state index is -1.26. The maximum atomic E-state index is 12.7. The number of methoxy groups -OCH3 is 1. The first-order valence-electron chi connectivity index (χ1n) is 10.2. The van der Waals surface area contributed by atoms with Crippen molar-refractivity contribution in [3.05, 3.63) is 47.2 Å². The summed E-state index contributed by atoms with van der Waals surface area (Å²) in [7, 11) is 1.41. The van der Waals surface area contributed by atoms with Crippen LogP contribution in [0, 0.1) is 5.41 Å². The molecule has 2 amide bonds. The molecule has 1 heterocycles. The lowest BCUT2D eigenvalue weighted by Crippen LogP contribution is -2.46. The van der Waals surface area contributed by atoms with Gasteiger partial charge in [-0.3, -0.25) is 9.59 Å². The van der Waals surface area contributed by atoms with Gasteiger partial charge in [0.15, 0.2) is 0 Å². The van der Waals surface area contributed by atoms with Gasteiger partial charge in [-0.1, -0.05) is 26.8 Å². The van der Waals surface area contributed by atoms with Crippen LogP contribution in [0.25, 0.3) is 11.1 Å². The Morgan fingerprint density at radius 3 is 2.28 bits per heavy atom. The van der Waals surface area contributed by atoms with E-state index in [0.717, 1.165) is 0 Å². The zero-order chi connectivity index (χ0) is 24.1. The third kappa shape index (κ3) is 5.61. The number of nitrogens with zero attached hydrogens (tertiary/aromatic N) is 1. The van der Waals surface area contributed by atoms with Crippen molar-refractivity contribution >= 4 is 17.8 Å². The molecule has 0 saturated carbocycles. The number of carbonyl (C=O) groups is 3. The maximum absolute atomic E-state index is 12.7. The van der Waals surface area contributed by atoms with Crippen molar-refractivity contribution < 1.29 is 29.3 Å². The SMILES string of the molecule is CCNC(=O)c1nc(OC)ccc1-c1ccc(C(=O)N[C@H](CO)C(C)(C)C)cc1C(=O)O. The van der Waals surface area contributed by atoms with Crippen LogP contribution in [-0.4, -0.2) is 59.3 Å². The Morgan fingerprint density at radius 2 is 1.75 bits per heavy atom. The van der Waals surface area contributed by atoms with E-state index in [-0.39, 0.29) is 34.9 Å². The number of aliphatic hydroxyl groups excluding tert-OH is 1. The molecule has 0 aliphatic heterocycles. The minimum absolute atomic E-state index is 0.0129. The van der Waals surface area contributed by atoms with E-state index < -0.39 is 29.2 Å². The summed E-state index contributed by atoms with van der Waals surface area (Å²) in [6.07, 6.45) is 0. The predicted octanol–water partition coefficient (Wildman–Crippen LogP) is 2.34. The van der Waals surface area contributed by atoms with Crippen molar-refractivity contribution in [1.82, 2.24) is 15.6 Å². The van der Waals surface area contributed by atoms with Crippen LogP contribution in [0.1, 0.15) is 58.9 Å². The molecule has 4 N–H and O–H groups in total. The van der Waals surface area contributed by atoms with E-state index in [1.807, 2.05) is 20.8 Å². The fourth-order valence-corrected chi connectivity index (χ4v) is 3.06. The highest BCUT2D eigenvalue weighted by Gasteiger charge is 2.27. The minimum Gasteiger partial charge on any atom is -0.481 e. The number of rotatable bonds is 8. The van der Waals surface area contributed by atoms with Crippen molar-refractivity contribution in [2.75, 3.05) is 20.3 Å². The first kappa shape index (κ1) is 24.8. The van der Waals surface area contributed by atoms with Gasteiger partial charge in [0, 0.05) is 23.7 Å². The third-order valence-electron chi connectivity index (χ3n) is 4.97. The molecule has 0 fully saturated rings. The Morgan fingerprint density at radius 1 is 1.09 bits per heavy atom. The van der Waals surface area contributed by atoms with Crippen molar-refractivity contribution in [1.29, 1.82) is 0 Å². The predicted molar refractivity (Wildman–Crippen MR) is 119 cm³/mol. The molecular weight excluding hydrogens is 414 g/mol. The van der Waals surface area contributed by atoms with E-state index in [0.29, 0.717) is 12.1 Å². The second-order valence-electron chi connectivity index (χ2n) is 8.25. The lowest BCUT2D eigenvalue weighted by atomic mass is 9.87. The fraction of sp³-hybridized carbons (Fsp3) is 0.391. The molecule has 1 aromatic heterocycles. The van der Waals surface area contributed by atoms with Crippen molar-refractivity contribution in [3.8, 4) is 17.0 Å². The molecule has 9 heteroatoms. The summed E-state index contributed by atoms with van der Waals surface area (Å²) in [4.78, 5) is 41.5. The highest BCUT2D eigenvalue weighted by atomic mass is 16.5. The first-order chi connectivity index (χ1) is 15.0. The van der Waals surface area contributed by atoms with Crippen LogP contribution in [0.4, 0.5) is 0 Å². The number of pyridine rings is 1. The Bertz CT molecular complexity index is 1010. The molecule has 0 aliphatic carbocycles. The molecule has 172 valence electrons. The van der Waals surface area contributed by atoms with Gasteiger partial charge in [-0.15, -0.1) is 0 Å². The van der Waals surface area contributed by atoms with Gasteiger partial charge in [0.25, 0.3) is 11.8 Å². The number of carboxylic acids is 1. The maximum Gasteiger partial charge on any atom is 0.336 e. The molecule has 32 heavy (non-hydrogen) atoms. The second kappa shape index (κ2) is 10.2. The lowest BCUT2D eigenvalue weighted by molar-refractivity contribution is 0.0697. The van der Waals surface area contributed by atoms with Crippen molar-refractivity contribution in [2.45, 2.75) is 33.7 Å². The summed E-state index contributed by atoms with van der Waals surface area (Å²) in [5, 5.41) is 24.8. The largest absolute Gasteiger partial charge is 0.481 e. The summed E-state index contributed by atoms with van der Waals surface area (Å²) in [6, 6.07) is 6.75. The molecule has 1 aromatic carbocycles. The number of nitrogens with one attached hydrogen (secondary N) is 2. The van der Waals surface area contributed by atoms with E-state index in [9.17, 15) is 24.6 Å². The number of hydrogen-bond acceptors (Lipinski definition) is 6. The lowest BCUT2D eigenvalue weighted by Gasteiger charge is -2.29. The number of aliphatic hydroxyl groups is 1. The highest BCUT2D eigenvalue weighted by molar-refractivity contribution is 6.05. The molecule has 0 saturated heterocycles. The molecule has 0 spiro atoms. The molecule has 2 rings (SSSR count). The van der Waals surface area contributed by atoms with Crippen LogP contribution in [-0.2, 0) is 0 Å². The molecule has 1 atom stereocenters. The summed E-state index contributed by atoms with van der Waals surface area (Å²) >= 11 is 0. The van der Waals surface area contributed by atoms with Crippen molar-refractivity contribution in [2.24, 2.45) is 5.41 Å². The average molecular weight is 444 g/mol. The average Bonchev–Trinajstić information content (AvgIpc) is 2.75. The molecule has 0 radical (unpaired) electrons. The van der Waals surface area contributed by atoms with Gasteiger partial charge in [-0.2, -0.15) is 0 Å². The van der Waals surface area contributed by atoms with E-state index in [1.165, 1.54) is 31.4 Å².